The molecule has 2 aliphatic heterocycles. The van der Waals surface area contributed by atoms with Crippen LogP contribution in [-0.2, 0) is 14.8 Å². The zero-order valence-electron chi connectivity index (χ0n) is 10.9. The first-order chi connectivity index (χ1) is 9.72. The van der Waals surface area contributed by atoms with Gasteiger partial charge in [0, 0.05) is 12.7 Å². The summed E-state index contributed by atoms with van der Waals surface area (Å²) in [6.45, 7) is -1.56. The van der Waals surface area contributed by atoms with Gasteiger partial charge in [0.1, 0.15) is 5.84 Å². The van der Waals surface area contributed by atoms with E-state index in [0.29, 0.717) is 0 Å². The quantitative estimate of drug-likeness (QED) is 0.705. The fraction of sp³-hybridized carbons (Fsp3) is 0.455. The van der Waals surface area contributed by atoms with Gasteiger partial charge >= 0.3 is 0 Å². The number of hydrogen-bond donors (Lipinski definition) is 2. The minimum atomic E-state index is -3.47. The van der Waals surface area contributed by atoms with Crippen LogP contribution in [0.2, 0.25) is 0 Å². The summed E-state index contributed by atoms with van der Waals surface area (Å²) in [5.41, 5.74) is 5.01. The van der Waals surface area contributed by atoms with Crippen molar-refractivity contribution in [2.45, 2.75) is 5.92 Å². The molecule has 21 heavy (non-hydrogen) atoms. The van der Waals surface area contributed by atoms with E-state index in [0.717, 1.165) is 0 Å². The molecule has 0 aromatic rings. The van der Waals surface area contributed by atoms with Gasteiger partial charge in [-0.3, -0.25) is 4.79 Å². The number of nitrogens with zero attached hydrogens (tertiary/aromatic N) is 2. The van der Waals surface area contributed by atoms with E-state index in [-0.39, 0.29) is 23.7 Å². The number of hydrogen-bond acceptors (Lipinski definition) is 5. The fourth-order valence-corrected chi connectivity index (χ4v) is 2.69. The van der Waals surface area contributed by atoms with Crippen LogP contribution >= 0.6 is 0 Å². The van der Waals surface area contributed by atoms with Crippen molar-refractivity contribution < 1.29 is 22.0 Å². The number of nitrogens with two attached hydrogens (primary N) is 1. The Morgan fingerprint density at radius 2 is 2.19 bits per heavy atom. The van der Waals surface area contributed by atoms with Gasteiger partial charge in [-0.25, -0.2) is 17.2 Å². The van der Waals surface area contributed by atoms with E-state index < -0.39 is 34.9 Å². The second-order valence-electron chi connectivity index (χ2n) is 4.59. The Kier molecular flexibility index (Phi) is 4.10. The van der Waals surface area contributed by atoms with Crippen molar-refractivity contribution >= 4 is 21.8 Å². The van der Waals surface area contributed by atoms with Gasteiger partial charge in [-0.1, -0.05) is 0 Å². The number of sulfonamides is 1. The van der Waals surface area contributed by atoms with Crippen molar-refractivity contribution in [3.8, 4) is 0 Å². The van der Waals surface area contributed by atoms with Crippen molar-refractivity contribution in [1.82, 2.24) is 10.2 Å². The first kappa shape index (κ1) is 15.6. The molecule has 2 heterocycles. The van der Waals surface area contributed by atoms with Crippen LogP contribution in [-0.4, -0.2) is 56.4 Å². The van der Waals surface area contributed by atoms with E-state index in [2.05, 4.69) is 9.71 Å². The SMILES string of the molecule is NCC(F)(F)CNC(=O)C1=CN2CCS(=O)(=O)N=C2C=C1. The molecule has 0 unspecified atom stereocenters. The topological polar surface area (TPSA) is 105 Å². The van der Waals surface area contributed by atoms with Gasteiger partial charge in [-0.2, -0.15) is 0 Å². The Morgan fingerprint density at radius 1 is 1.48 bits per heavy atom. The summed E-state index contributed by atoms with van der Waals surface area (Å²) in [6, 6.07) is 0. The second-order valence-corrected chi connectivity index (χ2v) is 6.34. The standard InChI is InChI=1S/C11H14F2N4O3S/c12-11(13,6-14)7-15-10(18)8-1-2-9-16-21(19,20)4-3-17(9)5-8/h1-2,5H,3-4,6-7,14H2,(H,15,18). The number of rotatable bonds is 4. The highest BCUT2D eigenvalue weighted by Crippen LogP contribution is 2.16. The maximum atomic E-state index is 13.0. The summed E-state index contributed by atoms with van der Waals surface area (Å²) < 4.78 is 52.1. The van der Waals surface area contributed by atoms with Crippen LogP contribution < -0.4 is 11.1 Å². The Morgan fingerprint density at radius 3 is 2.86 bits per heavy atom. The summed E-state index contributed by atoms with van der Waals surface area (Å²) in [6.07, 6.45) is 4.06. The molecule has 0 aliphatic carbocycles. The lowest BCUT2D eigenvalue weighted by atomic mass is 10.1. The molecule has 0 spiro atoms. The van der Waals surface area contributed by atoms with Gasteiger partial charge < -0.3 is 16.0 Å². The van der Waals surface area contributed by atoms with Crippen molar-refractivity contribution in [2.75, 3.05) is 25.4 Å². The maximum absolute atomic E-state index is 13.0. The van der Waals surface area contributed by atoms with Crippen molar-refractivity contribution in [2.24, 2.45) is 10.1 Å². The molecular weight excluding hydrogens is 306 g/mol. The Balaban J connectivity index is 2.06. The van der Waals surface area contributed by atoms with Crippen molar-refractivity contribution in [3.63, 3.8) is 0 Å². The fourth-order valence-electron chi connectivity index (χ4n) is 1.72. The minimum absolute atomic E-state index is 0.140. The number of alkyl halides is 2. The zero-order chi connectivity index (χ0) is 15.7. The third-order valence-electron chi connectivity index (χ3n) is 2.89. The summed E-state index contributed by atoms with van der Waals surface area (Å²) in [7, 11) is -3.47. The lowest BCUT2D eigenvalue weighted by Crippen LogP contribution is -2.43. The normalized spacial score (nSPS) is 20.4. The number of halogens is 2. The maximum Gasteiger partial charge on any atom is 0.277 e. The van der Waals surface area contributed by atoms with Gasteiger partial charge in [-0.05, 0) is 12.2 Å². The third-order valence-corrected chi connectivity index (χ3v) is 4.06. The Hall–Kier alpha value is -1.81. The molecule has 3 N–H and O–H groups in total. The van der Waals surface area contributed by atoms with Crippen LogP contribution in [0.4, 0.5) is 8.78 Å². The molecule has 0 fully saturated rings. The summed E-state index contributed by atoms with van der Waals surface area (Å²) >= 11 is 0. The highest BCUT2D eigenvalue weighted by Gasteiger charge is 2.29. The highest BCUT2D eigenvalue weighted by molar-refractivity contribution is 7.90. The number of carbonyl (C=O) groups excluding carboxylic acids is 1. The molecule has 1 amide bonds. The summed E-state index contributed by atoms with van der Waals surface area (Å²) in [4.78, 5) is 13.3. The highest BCUT2D eigenvalue weighted by atomic mass is 32.2. The van der Waals surface area contributed by atoms with Gasteiger partial charge in [0.05, 0.1) is 24.4 Å². The molecule has 116 valence electrons. The summed E-state index contributed by atoms with van der Waals surface area (Å²) in [5, 5.41) is 2.08. The largest absolute Gasteiger partial charge is 0.346 e. The zero-order valence-corrected chi connectivity index (χ0v) is 11.7. The molecule has 0 aromatic carbocycles. The van der Waals surface area contributed by atoms with E-state index >= 15 is 0 Å². The first-order valence-electron chi connectivity index (χ1n) is 6.08. The van der Waals surface area contributed by atoms with Crippen molar-refractivity contribution in [3.05, 3.63) is 23.9 Å². The molecule has 0 saturated carbocycles. The predicted molar refractivity (Wildman–Crippen MR) is 72.2 cm³/mol. The second kappa shape index (κ2) is 5.53. The van der Waals surface area contributed by atoms with Gasteiger partial charge in [0.2, 0.25) is 0 Å². The van der Waals surface area contributed by atoms with E-state index in [1.165, 1.54) is 23.3 Å². The van der Waals surface area contributed by atoms with E-state index in [9.17, 15) is 22.0 Å². The molecular formula is C11H14F2N4O3S. The Labute approximate surface area is 120 Å². The van der Waals surface area contributed by atoms with E-state index in [1.807, 2.05) is 0 Å². The molecule has 10 heteroatoms. The average molecular weight is 320 g/mol. The number of nitrogens with one attached hydrogen (secondary N) is 1. The average Bonchev–Trinajstić information content (AvgIpc) is 2.43. The van der Waals surface area contributed by atoms with Crippen molar-refractivity contribution in [1.29, 1.82) is 0 Å². The van der Waals surface area contributed by atoms with Crippen LogP contribution in [0.15, 0.2) is 28.3 Å². The van der Waals surface area contributed by atoms with Crippen LogP contribution in [0.1, 0.15) is 0 Å². The number of amides is 1. The molecule has 0 atom stereocenters. The van der Waals surface area contributed by atoms with E-state index in [1.54, 1.807) is 0 Å². The molecule has 0 saturated heterocycles. The molecule has 0 bridgehead atoms. The molecule has 7 nitrogen and oxygen atoms in total. The van der Waals surface area contributed by atoms with Gasteiger partial charge in [0.25, 0.3) is 21.9 Å². The number of fused-ring (bicyclic) bond motifs is 1. The lowest BCUT2D eigenvalue weighted by molar-refractivity contribution is -0.119. The smallest absolute Gasteiger partial charge is 0.277 e. The predicted octanol–water partition coefficient (Wildman–Crippen LogP) is -0.806. The van der Waals surface area contributed by atoms with Gasteiger partial charge in [0.15, 0.2) is 0 Å². The molecule has 0 radical (unpaired) electrons. The van der Waals surface area contributed by atoms with Gasteiger partial charge in [-0.15, -0.1) is 4.40 Å². The third kappa shape index (κ3) is 3.85. The summed E-state index contributed by atoms with van der Waals surface area (Å²) in [5.74, 6) is -3.82. The van der Waals surface area contributed by atoms with Crippen LogP contribution in [0.3, 0.4) is 0 Å². The monoisotopic (exact) mass is 320 g/mol. The number of amidine groups is 1. The molecule has 0 aromatic heterocycles. The molecule has 2 rings (SSSR count). The first-order valence-corrected chi connectivity index (χ1v) is 7.69. The van der Waals surface area contributed by atoms with Crippen LogP contribution in [0.25, 0.3) is 0 Å². The minimum Gasteiger partial charge on any atom is -0.346 e. The van der Waals surface area contributed by atoms with E-state index in [4.69, 9.17) is 5.73 Å². The van der Waals surface area contributed by atoms with Crippen LogP contribution in [0, 0.1) is 0 Å². The number of carbonyl (C=O) groups is 1. The lowest BCUT2D eigenvalue weighted by Gasteiger charge is -2.27. The molecule has 2 aliphatic rings. The van der Waals surface area contributed by atoms with Crippen LogP contribution in [0.5, 0.6) is 0 Å². The Bertz CT molecular complexity index is 640.